The molecule has 0 aliphatic carbocycles. The van der Waals surface area contributed by atoms with Gasteiger partial charge < -0.3 is 19.9 Å². The van der Waals surface area contributed by atoms with Gasteiger partial charge in [-0.1, -0.05) is 35.3 Å². The van der Waals surface area contributed by atoms with Crippen LogP contribution in [0.15, 0.2) is 54.6 Å². The van der Waals surface area contributed by atoms with Crippen LogP contribution in [0.3, 0.4) is 0 Å². The lowest BCUT2D eigenvalue weighted by molar-refractivity contribution is 0.413. The molecule has 140 valence electrons. The molecule has 0 radical (unpaired) electrons. The van der Waals surface area contributed by atoms with Crippen LogP contribution in [-0.2, 0) is 6.54 Å². The number of halogens is 2. The summed E-state index contributed by atoms with van der Waals surface area (Å²) in [6, 6.07) is 16.7. The molecule has 0 saturated carbocycles. The summed E-state index contributed by atoms with van der Waals surface area (Å²) in [7, 11) is 1.62. The van der Waals surface area contributed by atoms with E-state index in [4.69, 9.17) is 32.7 Å². The molecule has 27 heavy (non-hydrogen) atoms. The number of hydrogen-bond donors (Lipinski definition) is 2. The van der Waals surface area contributed by atoms with E-state index in [2.05, 4.69) is 5.32 Å². The molecule has 0 bridgehead atoms. The Morgan fingerprint density at radius 1 is 0.963 bits per heavy atom. The number of benzene rings is 3. The van der Waals surface area contributed by atoms with Crippen molar-refractivity contribution in [1.82, 2.24) is 0 Å². The maximum Gasteiger partial charge on any atom is 0.157 e. The van der Waals surface area contributed by atoms with Crippen molar-refractivity contribution in [3.05, 3.63) is 75.8 Å². The van der Waals surface area contributed by atoms with E-state index in [-0.39, 0.29) is 10.8 Å². The molecule has 3 aromatic rings. The van der Waals surface area contributed by atoms with Gasteiger partial charge in [-0.25, -0.2) is 0 Å². The Labute approximate surface area is 168 Å². The Balaban J connectivity index is 1.71. The normalized spacial score (nSPS) is 10.5. The van der Waals surface area contributed by atoms with Crippen LogP contribution in [0.1, 0.15) is 11.1 Å². The van der Waals surface area contributed by atoms with Gasteiger partial charge in [-0.15, -0.1) is 0 Å². The van der Waals surface area contributed by atoms with Gasteiger partial charge in [0.15, 0.2) is 5.75 Å². The van der Waals surface area contributed by atoms with Crippen molar-refractivity contribution in [2.24, 2.45) is 0 Å². The van der Waals surface area contributed by atoms with Crippen molar-refractivity contribution in [3.8, 4) is 23.0 Å². The van der Waals surface area contributed by atoms with E-state index in [1.54, 1.807) is 20.1 Å². The minimum atomic E-state index is -0.01000. The molecule has 0 heterocycles. The number of nitrogens with one attached hydrogen (secondary N) is 1. The number of anilines is 1. The van der Waals surface area contributed by atoms with Gasteiger partial charge in [-0.05, 0) is 60.5 Å². The minimum Gasteiger partial charge on any atom is -0.504 e. The summed E-state index contributed by atoms with van der Waals surface area (Å²) >= 11 is 12.2. The fourth-order valence-corrected chi connectivity index (χ4v) is 2.99. The molecule has 6 heteroatoms. The summed E-state index contributed by atoms with van der Waals surface area (Å²) in [5.74, 6) is 2.19. The average molecular weight is 404 g/mol. The van der Waals surface area contributed by atoms with Gasteiger partial charge >= 0.3 is 0 Å². The van der Waals surface area contributed by atoms with E-state index in [1.165, 1.54) is 0 Å². The predicted octanol–water partition coefficient (Wildman–Crippen LogP) is 6.42. The zero-order chi connectivity index (χ0) is 19.4. The Bertz CT molecular complexity index is 943. The maximum atomic E-state index is 10.2. The van der Waals surface area contributed by atoms with Crippen molar-refractivity contribution in [2.45, 2.75) is 13.5 Å². The Kier molecular flexibility index (Phi) is 5.99. The molecule has 0 fully saturated rings. The van der Waals surface area contributed by atoms with Crippen LogP contribution < -0.4 is 14.8 Å². The predicted molar refractivity (Wildman–Crippen MR) is 110 cm³/mol. The molecule has 3 rings (SSSR count). The van der Waals surface area contributed by atoms with Gasteiger partial charge in [0, 0.05) is 11.6 Å². The van der Waals surface area contributed by atoms with E-state index in [0.29, 0.717) is 28.6 Å². The molecular weight excluding hydrogens is 385 g/mol. The van der Waals surface area contributed by atoms with Crippen LogP contribution in [0, 0.1) is 6.92 Å². The standard InChI is InChI=1S/C21H19Cl2NO3/c1-13-18(22)11-19(21(25)20(13)23)24-12-14-4-3-5-17(10-14)27-16-8-6-15(26-2)7-9-16/h3-11,24-25H,12H2,1-2H3. The zero-order valence-corrected chi connectivity index (χ0v) is 16.4. The number of ether oxygens (including phenoxy) is 2. The van der Waals surface area contributed by atoms with Gasteiger partial charge in [-0.3, -0.25) is 0 Å². The fraction of sp³-hybridized carbons (Fsp3) is 0.143. The quantitative estimate of drug-likeness (QED) is 0.466. The number of phenols is 1. The van der Waals surface area contributed by atoms with Crippen LogP contribution in [0.5, 0.6) is 23.0 Å². The third-order valence-electron chi connectivity index (χ3n) is 4.10. The number of methoxy groups -OCH3 is 1. The first-order valence-corrected chi connectivity index (χ1v) is 9.06. The summed E-state index contributed by atoms with van der Waals surface area (Å²) in [5, 5.41) is 14.1. The third-order valence-corrected chi connectivity index (χ3v) is 4.95. The highest BCUT2D eigenvalue weighted by Crippen LogP contribution is 2.39. The van der Waals surface area contributed by atoms with Gasteiger partial charge in [0.2, 0.25) is 0 Å². The van der Waals surface area contributed by atoms with Crippen LogP contribution in [0.4, 0.5) is 5.69 Å². The molecule has 3 aromatic carbocycles. The molecular formula is C21H19Cl2NO3. The van der Waals surface area contributed by atoms with Crippen LogP contribution in [0.25, 0.3) is 0 Å². The zero-order valence-electron chi connectivity index (χ0n) is 14.9. The van der Waals surface area contributed by atoms with Crippen LogP contribution >= 0.6 is 23.2 Å². The number of hydrogen-bond acceptors (Lipinski definition) is 4. The van der Waals surface area contributed by atoms with Gasteiger partial charge in [0.1, 0.15) is 17.2 Å². The van der Waals surface area contributed by atoms with Crippen molar-refractivity contribution in [2.75, 3.05) is 12.4 Å². The SMILES string of the molecule is COc1ccc(Oc2cccc(CNc3cc(Cl)c(C)c(Cl)c3O)c2)cc1. The first kappa shape index (κ1) is 19.2. The molecule has 0 amide bonds. The van der Waals surface area contributed by atoms with E-state index in [1.807, 2.05) is 48.5 Å². The number of rotatable bonds is 6. The molecule has 0 unspecified atom stereocenters. The van der Waals surface area contributed by atoms with Gasteiger partial charge in [0.05, 0.1) is 17.8 Å². The van der Waals surface area contributed by atoms with Crippen molar-refractivity contribution in [1.29, 1.82) is 0 Å². The molecule has 0 aliphatic heterocycles. The summed E-state index contributed by atoms with van der Waals surface area (Å²) in [5.41, 5.74) is 2.11. The van der Waals surface area contributed by atoms with Gasteiger partial charge in [-0.2, -0.15) is 0 Å². The summed E-state index contributed by atoms with van der Waals surface area (Å²) in [6.07, 6.45) is 0. The first-order valence-electron chi connectivity index (χ1n) is 8.30. The molecule has 2 N–H and O–H groups in total. The topological polar surface area (TPSA) is 50.7 Å². The van der Waals surface area contributed by atoms with E-state index in [0.717, 1.165) is 17.1 Å². The second-order valence-electron chi connectivity index (χ2n) is 5.97. The highest BCUT2D eigenvalue weighted by atomic mass is 35.5. The largest absolute Gasteiger partial charge is 0.504 e. The highest BCUT2D eigenvalue weighted by molar-refractivity contribution is 6.37. The van der Waals surface area contributed by atoms with E-state index in [9.17, 15) is 5.11 Å². The first-order chi connectivity index (χ1) is 13.0. The third kappa shape index (κ3) is 4.59. The second-order valence-corrected chi connectivity index (χ2v) is 6.76. The highest BCUT2D eigenvalue weighted by Gasteiger charge is 2.12. The fourth-order valence-electron chi connectivity index (χ4n) is 2.53. The Hall–Kier alpha value is -2.56. The number of phenolic OH excluding ortho intramolecular Hbond substituents is 1. The minimum absolute atomic E-state index is 0.01000. The second kappa shape index (κ2) is 8.42. The Morgan fingerprint density at radius 2 is 1.67 bits per heavy atom. The maximum absolute atomic E-state index is 10.2. The molecule has 0 aliphatic rings. The lowest BCUT2D eigenvalue weighted by Gasteiger charge is -2.13. The smallest absolute Gasteiger partial charge is 0.157 e. The van der Waals surface area contributed by atoms with Gasteiger partial charge in [0.25, 0.3) is 0 Å². The number of aromatic hydroxyl groups is 1. The summed E-state index contributed by atoms with van der Waals surface area (Å²) in [6.45, 7) is 2.23. The molecule has 0 spiro atoms. The molecule has 0 saturated heterocycles. The summed E-state index contributed by atoms with van der Waals surface area (Å²) < 4.78 is 11.0. The lowest BCUT2D eigenvalue weighted by atomic mass is 10.1. The monoisotopic (exact) mass is 403 g/mol. The van der Waals surface area contributed by atoms with Crippen molar-refractivity contribution in [3.63, 3.8) is 0 Å². The molecule has 4 nitrogen and oxygen atoms in total. The van der Waals surface area contributed by atoms with Crippen molar-refractivity contribution < 1.29 is 14.6 Å². The van der Waals surface area contributed by atoms with Crippen molar-refractivity contribution >= 4 is 28.9 Å². The van der Waals surface area contributed by atoms with E-state index < -0.39 is 0 Å². The molecule has 0 aromatic heterocycles. The summed E-state index contributed by atoms with van der Waals surface area (Å²) in [4.78, 5) is 0. The average Bonchev–Trinajstić information content (AvgIpc) is 2.69. The lowest BCUT2D eigenvalue weighted by Crippen LogP contribution is -2.00. The van der Waals surface area contributed by atoms with Crippen LogP contribution in [-0.4, -0.2) is 12.2 Å². The van der Waals surface area contributed by atoms with E-state index >= 15 is 0 Å². The van der Waals surface area contributed by atoms with Crippen LogP contribution in [0.2, 0.25) is 10.0 Å². The molecule has 0 atom stereocenters. The Morgan fingerprint density at radius 3 is 2.37 bits per heavy atom.